The van der Waals surface area contributed by atoms with Gasteiger partial charge in [-0.2, -0.15) is 18.3 Å². The Morgan fingerprint density at radius 3 is 2.48 bits per heavy atom. The molecular formula is C21H14F3N3O2. The molecule has 2 aromatic heterocycles. The van der Waals surface area contributed by atoms with Crippen molar-refractivity contribution in [2.45, 2.75) is 6.18 Å². The summed E-state index contributed by atoms with van der Waals surface area (Å²) < 4.78 is 46.0. The highest BCUT2D eigenvalue weighted by molar-refractivity contribution is 5.91. The first-order valence-electron chi connectivity index (χ1n) is 8.58. The minimum Gasteiger partial charge on any atom is -0.464 e. The number of benzene rings is 2. The molecule has 0 amide bonds. The minimum atomic E-state index is -4.66. The predicted octanol–water partition coefficient (Wildman–Crippen LogP) is 4.89. The van der Waals surface area contributed by atoms with Gasteiger partial charge >= 0.3 is 12.1 Å². The maximum absolute atomic E-state index is 13.5. The van der Waals surface area contributed by atoms with Gasteiger partial charge in [-0.25, -0.2) is 14.5 Å². The normalized spacial score (nSPS) is 11.6. The van der Waals surface area contributed by atoms with Crippen molar-refractivity contribution in [1.82, 2.24) is 14.8 Å². The van der Waals surface area contributed by atoms with Crippen molar-refractivity contribution in [3.63, 3.8) is 0 Å². The van der Waals surface area contributed by atoms with Gasteiger partial charge in [0.15, 0.2) is 11.5 Å². The van der Waals surface area contributed by atoms with Gasteiger partial charge in [0.2, 0.25) is 0 Å². The topological polar surface area (TPSA) is 57.0 Å². The third-order valence-corrected chi connectivity index (χ3v) is 4.44. The molecular weight excluding hydrogens is 383 g/mol. The summed E-state index contributed by atoms with van der Waals surface area (Å²) in [7, 11) is 1.15. The molecule has 8 heteroatoms. The average Bonchev–Trinajstić information content (AvgIpc) is 3.17. The number of esters is 1. The number of halogens is 3. The first-order valence-corrected chi connectivity index (χ1v) is 8.58. The molecule has 2 aromatic carbocycles. The van der Waals surface area contributed by atoms with Crippen molar-refractivity contribution >= 4 is 16.7 Å². The molecule has 0 aliphatic rings. The molecule has 0 bridgehead atoms. The lowest BCUT2D eigenvalue weighted by molar-refractivity contribution is -0.137. The standard InChI is InChI=1S/C21H14F3N3O2/c1-29-20(28)18-12-17(15-9-8-13-5-2-3-6-14(13)11-15)26-27(18)19-16(21(22,23)24)7-4-10-25-19/h2-12H,1H3. The number of hydrogen-bond acceptors (Lipinski definition) is 4. The molecule has 0 N–H and O–H groups in total. The fraction of sp³-hybridized carbons (Fsp3) is 0.0952. The number of carbonyl (C=O) groups is 1. The van der Waals surface area contributed by atoms with E-state index in [0.29, 0.717) is 11.3 Å². The van der Waals surface area contributed by atoms with Crippen LogP contribution in [0.15, 0.2) is 66.9 Å². The van der Waals surface area contributed by atoms with Crippen LogP contribution in [0.4, 0.5) is 13.2 Å². The maximum atomic E-state index is 13.5. The minimum absolute atomic E-state index is 0.153. The van der Waals surface area contributed by atoms with Gasteiger partial charge in [-0.1, -0.05) is 36.4 Å². The zero-order valence-electron chi connectivity index (χ0n) is 15.1. The van der Waals surface area contributed by atoms with Crippen molar-refractivity contribution in [1.29, 1.82) is 0 Å². The van der Waals surface area contributed by atoms with Crippen LogP contribution < -0.4 is 0 Å². The van der Waals surface area contributed by atoms with Crippen molar-refractivity contribution in [2.24, 2.45) is 0 Å². The van der Waals surface area contributed by atoms with E-state index in [9.17, 15) is 18.0 Å². The average molecular weight is 397 g/mol. The largest absolute Gasteiger partial charge is 0.464 e. The Balaban J connectivity index is 1.92. The van der Waals surface area contributed by atoms with E-state index >= 15 is 0 Å². The number of nitrogens with zero attached hydrogens (tertiary/aromatic N) is 3. The van der Waals surface area contributed by atoms with Crippen LogP contribution in [0.25, 0.3) is 27.8 Å². The molecule has 0 unspecified atom stereocenters. The number of methoxy groups -OCH3 is 1. The lowest BCUT2D eigenvalue weighted by Gasteiger charge is -2.12. The molecule has 146 valence electrons. The smallest absolute Gasteiger partial charge is 0.420 e. The summed E-state index contributed by atoms with van der Waals surface area (Å²) in [5.41, 5.74) is -0.176. The first-order chi connectivity index (χ1) is 13.9. The van der Waals surface area contributed by atoms with Gasteiger partial charge in [0.05, 0.1) is 12.8 Å². The highest BCUT2D eigenvalue weighted by atomic mass is 19.4. The monoisotopic (exact) mass is 397 g/mol. The van der Waals surface area contributed by atoms with E-state index in [0.717, 1.165) is 28.6 Å². The van der Waals surface area contributed by atoms with Gasteiger partial charge in [-0.15, -0.1) is 0 Å². The molecule has 4 aromatic rings. The second-order valence-corrected chi connectivity index (χ2v) is 6.25. The summed E-state index contributed by atoms with van der Waals surface area (Å²) in [6.07, 6.45) is -3.45. The Kier molecular flexibility index (Phi) is 4.54. The van der Waals surface area contributed by atoms with E-state index in [1.165, 1.54) is 18.3 Å². The van der Waals surface area contributed by atoms with Crippen LogP contribution in [-0.2, 0) is 10.9 Å². The Bertz CT molecular complexity index is 1220. The van der Waals surface area contributed by atoms with Crippen LogP contribution in [-0.4, -0.2) is 27.8 Å². The molecule has 0 radical (unpaired) electrons. The lowest BCUT2D eigenvalue weighted by Crippen LogP contribution is -2.17. The van der Waals surface area contributed by atoms with Crippen molar-refractivity contribution in [2.75, 3.05) is 7.11 Å². The van der Waals surface area contributed by atoms with E-state index < -0.39 is 23.5 Å². The summed E-state index contributed by atoms with van der Waals surface area (Å²) in [6.45, 7) is 0. The van der Waals surface area contributed by atoms with E-state index in [4.69, 9.17) is 4.74 Å². The summed E-state index contributed by atoms with van der Waals surface area (Å²) in [6, 6.07) is 16.6. The van der Waals surface area contributed by atoms with Crippen molar-refractivity contribution in [3.8, 4) is 17.1 Å². The highest BCUT2D eigenvalue weighted by Gasteiger charge is 2.36. The Morgan fingerprint density at radius 1 is 1.00 bits per heavy atom. The fourth-order valence-electron chi connectivity index (χ4n) is 3.07. The second kappa shape index (κ2) is 7.05. The van der Waals surface area contributed by atoms with Gasteiger partial charge in [-0.3, -0.25) is 0 Å². The fourth-order valence-corrected chi connectivity index (χ4v) is 3.07. The number of rotatable bonds is 3. The molecule has 0 aliphatic carbocycles. The molecule has 0 atom stereocenters. The number of fused-ring (bicyclic) bond motifs is 1. The summed E-state index contributed by atoms with van der Waals surface area (Å²) in [5.74, 6) is -1.31. The SMILES string of the molecule is COC(=O)c1cc(-c2ccc3ccccc3c2)nn1-c1ncccc1C(F)(F)F. The molecule has 0 saturated heterocycles. The van der Waals surface area contributed by atoms with E-state index in [1.54, 1.807) is 6.07 Å². The predicted molar refractivity (Wildman–Crippen MR) is 101 cm³/mol. The zero-order chi connectivity index (χ0) is 20.6. The summed E-state index contributed by atoms with van der Waals surface area (Å²) >= 11 is 0. The zero-order valence-corrected chi connectivity index (χ0v) is 15.1. The quantitative estimate of drug-likeness (QED) is 0.462. The number of aromatic nitrogens is 3. The lowest BCUT2D eigenvalue weighted by atomic mass is 10.1. The number of hydrogen-bond donors (Lipinski definition) is 0. The second-order valence-electron chi connectivity index (χ2n) is 6.25. The number of ether oxygens (including phenoxy) is 1. The molecule has 0 spiro atoms. The van der Waals surface area contributed by atoms with Crippen molar-refractivity contribution < 1.29 is 22.7 Å². The third-order valence-electron chi connectivity index (χ3n) is 4.44. The van der Waals surface area contributed by atoms with Gasteiger partial charge in [-0.05, 0) is 35.0 Å². The third kappa shape index (κ3) is 3.44. The number of alkyl halides is 3. The summed E-state index contributed by atoms with van der Waals surface area (Å²) in [4.78, 5) is 16.1. The van der Waals surface area contributed by atoms with Crippen LogP contribution >= 0.6 is 0 Å². The van der Waals surface area contributed by atoms with E-state index in [-0.39, 0.29) is 5.69 Å². The van der Waals surface area contributed by atoms with E-state index in [1.807, 2.05) is 36.4 Å². The Labute approximate surface area is 163 Å². The maximum Gasteiger partial charge on any atom is 0.420 e. The van der Waals surface area contributed by atoms with Crippen LogP contribution in [0.3, 0.4) is 0 Å². The Morgan fingerprint density at radius 2 is 1.76 bits per heavy atom. The van der Waals surface area contributed by atoms with Crippen LogP contribution in [0.5, 0.6) is 0 Å². The Hall–Kier alpha value is -3.68. The van der Waals surface area contributed by atoms with E-state index in [2.05, 4.69) is 10.1 Å². The number of carbonyl (C=O) groups excluding carboxylic acids is 1. The molecule has 0 saturated carbocycles. The molecule has 0 aliphatic heterocycles. The van der Waals surface area contributed by atoms with Gasteiger partial charge in [0.1, 0.15) is 5.56 Å². The van der Waals surface area contributed by atoms with Crippen LogP contribution in [0.2, 0.25) is 0 Å². The first kappa shape index (κ1) is 18.7. The van der Waals surface area contributed by atoms with Crippen LogP contribution in [0, 0.1) is 0 Å². The highest BCUT2D eigenvalue weighted by Crippen LogP contribution is 2.34. The van der Waals surface area contributed by atoms with Gasteiger partial charge in [0.25, 0.3) is 0 Å². The molecule has 5 nitrogen and oxygen atoms in total. The van der Waals surface area contributed by atoms with Gasteiger partial charge in [0, 0.05) is 11.8 Å². The van der Waals surface area contributed by atoms with Crippen molar-refractivity contribution in [3.05, 3.63) is 78.1 Å². The summed E-state index contributed by atoms with van der Waals surface area (Å²) in [5, 5.41) is 6.20. The number of pyridine rings is 1. The van der Waals surface area contributed by atoms with Crippen LogP contribution in [0.1, 0.15) is 16.1 Å². The molecule has 2 heterocycles. The molecule has 29 heavy (non-hydrogen) atoms. The molecule has 4 rings (SSSR count). The van der Waals surface area contributed by atoms with Gasteiger partial charge < -0.3 is 4.74 Å². The molecule has 0 fully saturated rings.